The third-order valence-corrected chi connectivity index (χ3v) is 2.33. The average Bonchev–Trinajstić information content (AvgIpc) is 2.45. The molecule has 1 aliphatic rings. The highest BCUT2D eigenvalue weighted by molar-refractivity contribution is 9.09. The standard InChI is InChI=1S/C6H5BrFN3/c7-6-10-4-2-9-5(10)1-3-11(6)8/h1-4,6H. The third kappa shape index (κ3) is 0.956. The number of alkyl halides is 1. The van der Waals surface area contributed by atoms with Crippen LogP contribution in [0.25, 0.3) is 6.08 Å². The van der Waals surface area contributed by atoms with Crippen molar-refractivity contribution < 1.29 is 4.48 Å². The second-order valence-corrected chi connectivity index (χ2v) is 2.98. The Balaban J connectivity index is 2.48. The molecule has 1 aliphatic heterocycles. The zero-order valence-corrected chi connectivity index (χ0v) is 7.07. The van der Waals surface area contributed by atoms with E-state index in [1.165, 1.54) is 6.20 Å². The Bertz CT molecular complexity index is 296. The Labute approximate surface area is 71.2 Å². The number of aromatic nitrogens is 2. The van der Waals surface area contributed by atoms with E-state index >= 15 is 0 Å². The van der Waals surface area contributed by atoms with Gasteiger partial charge in [-0.1, -0.05) is 4.48 Å². The minimum Gasteiger partial charge on any atom is -0.299 e. The number of imidazole rings is 1. The summed E-state index contributed by atoms with van der Waals surface area (Å²) in [6.45, 7) is 0. The Morgan fingerprint density at radius 2 is 2.45 bits per heavy atom. The number of hydrogen-bond donors (Lipinski definition) is 0. The quantitative estimate of drug-likeness (QED) is 0.376. The van der Waals surface area contributed by atoms with Gasteiger partial charge in [0, 0.05) is 18.6 Å². The van der Waals surface area contributed by atoms with Crippen LogP contribution in [0.4, 0.5) is 4.48 Å². The molecule has 0 aromatic carbocycles. The monoisotopic (exact) mass is 217 g/mol. The summed E-state index contributed by atoms with van der Waals surface area (Å²) in [5.41, 5.74) is 0. The maximum absolute atomic E-state index is 12.8. The second kappa shape index (κ2) is 2.34. The van der Waals surface area contributed by atoms with E-state index in [-0.39, 0.29) is 0 Å². The van der Waals surface area contributed by atoms with Crippen LogP contribution >= 0.6 is 15.9 Å². The normalized spacial score (nSPS) is 22.0. The molecule has 0 radical (unpaired) electrons. The molecule has 0 fully saturated rings. The lowest BCUT2D eigenvalue weighted by atomic mass is 10.5. The van der Waals surface area contributed by atoms with Crippen LogP contribution in [0.2, 0.25) is 0 Å². The molecule has 0 N–H and O–H groups in total. The Kier molecular flexibility index (Phi) is 1.45. The lowest BCUT2D eigenvalue weighted by molar-refractivity contribution is 0.0470. The summed E-state index contributed by atoms with van der Waals surface area (Å²) in [5.74, 6) is 0.751. The van der Waals surface area contributed by atoms with Crippen LogP contribution in [0, 0.1) is 0 Å². The van der Waals surface area contributed by atoms with Gasteiger partial charge in [0.05, 0.1) is 0 Å². The lowest BCUT2D eigenvalue weighted by Gasteiger charge is -2.22. The first kappa shape index (κ1) is 6.84. The molecule has 0 spiro atoms. The van der Waals surface area contributed by atoms with Crippen molar-refractivity contribution >= 4 is 22.0 Å². The molecule has 1 aromatic rings. The fourth-order valence-electron chi connectivity index (χ4n) is 0.962. The molecule has 1 atom stereocenters. The predicted molar refractivity (Wildman–Crippen MR) is 42.2 cm³/mol. The second-order valence-electron chi connectivity index (χ2n) is 2.16. The molecule has 0 aliphatic carbocycles. The van der Waals surface area contributed by atoms with E-state index in [0.29, 0.717) is 5.12 Å². The summed E-state index contributed by atoms with van der Waals surface area (Å²) < 4.78 is 14.5. The molecule has 0 amide bonds. The molecular formula is C6H5BrFN3. The zero-order chi connectivity index (χ0) is 7.84. The van der Waals surface area contributed by atoms with Gasteiger partial charge < -0.3 is 0 Å². The molecule has 5 heteroatoms. The van der Waals surface area contributed by atoms with Gasteiger partial charge >= 0.3 is 0 Å². The smallest absolute Gasteiger partial charge is 0.192 e. The van der Waals surface area contributed by atoms with E-state index in [0.717, 1.165) is 5.82 Å². The van der Waals surface area contributed by atoms with Crippen LogP contribution in [0.15, 0.2) is 18.6 Å². The van der Waals surface area contributed by atoms with Crippen LogP contribution in [0.1, 0.15) is 10.9 Å². The molecule has 2 rings (SSSR count). The molecule has 0 saturated carbocycles. The van der Waals surface area contributed by atoms with Gasteiger partial charge in [-0.2, -0.15) is 5.12 Å². The largest absolute Gasteiger partial charge is 0.299 e. The SMILES string of the molecule is FN1C=Cc2nccn2C1Br. The lowest BCUT2D eigenvalue weighted by Crippen LogP contribution is -2.19. The summed E-state index contributed by atoms with van der Waals surface area (Å²) in [4.78, 5) is 3.99. The zero-order valence-electron chi connectivity index (χ0n) is 5.48. The van der Waals surface area contributed by atoms with Gasteiger partial charge in [-0.25, -0.2) is 4.98 Å². The molecule has 1 aromatic heterocycles. The van der Waals surface area contributed by atoms with Crippen molar-refractivity contribution in [1.29, 1.82) is 0 Å². The maximum atomic E-state index is 12.8. The summed E-state index contributed by atoms with van der Waals surface area (Å²) >= 11 is 3.15. The average molecular weight is 218 g/mol. The number of hydrogen-bond acceptors (Lipinski definition) is 2. The van der Waals surface area contributed by atoms with Gasteiger partial charge in [0.25, 0.3) is 0 Å². The van der Waals surface area contributed by atoms with Crippen molar-refractivity contribution in [1.82, 2.24) is 14.7 Å². The third-order valence-electron chi connectivity index (χ3n) is 1.50. The number of fused-ring (bicyclic) bond motifs is 1. The highest BCUT2D eigenvalue weighted by Gasteiger charge is 2.19. The van der Waals surface area contributed by atoms with Crippen molar-refractivity contribution in [3.05, 3.63) is 24.4 Å². The number of rotatable bonds is 0. The van der Waals surface area contributed by atoms with Gasteiger partial charge in [0.15, 0.2) is 5.08 Å². The fraction of sp³-hybridized carbons (Fsp3) is 0.167. The van der Waals surface area contributed by atoms with E-state index in [4.69, 9.17) is 0 Å². The molecule has 2 heterocycles. The molecule has 3 nitrogen and oxygen atoms in total. The van der Waals surface area contributed by atoms with Crippen molar-refractivity contribution in [2.45, 2.75) is 5.08 Å². The topological polar surface area (TPSA) is 21.1 Å². The van der Waals surface area contributed by atoms with Gasteiger partial charge in [-0.05, 0) is 22.0 Å². The highest BCUT2D eigenvalue weighted by Crippen LogP contribution is 2.27. The highest BCUT2D eigenvalue weighted by atomic mass is 79.9. The van der Waals surface area contributed by atoms with Crippen molar-refractivity contribution in [2.24, 2.45) is 0 Å². The molecule has 0 bridgehead atoms. The first-order chi connectivity index (χ1) is 5.29. The van der Waals surface area contributed by atoms with Crippen LogP contribution in [0.3, 0.4) is 0 Å². The Morgan fingerprint density at radius 1 is 1.64 bits per heavy atom. The predicted octanol–water partition coefficient (Wildman–Crippen LogP) is 1.90. The summed E-state index contributed by atoms with van der Waals surface area (Å²) in [6.07, 6.45) is 6.29. The minimum absolute atomic E-state index is 0.468. The first-order valence-electron chi connectivity index (χ1n) is 3.08. The van der Waals surface area contributed by atoms with E-state index in [2.05, 4.69) is 20.9 Å². The van der Waals surface area contributed by atoms with E-state index in [9.17, 15) is 4.48 Å². The molecule has 11 heavy (non-hydrogen) atoms. The van der Waals surface area contributed by atoms with Gasteiger partial charge in [0.1, 0.15) is 5.82 Å². The summed E-state index contributed by atoms with van der Waals surface area (Å²) in [7, 11) is 0. The van der Waals surface area contributed by atoms with Crippen LogP contribution in [0.5, 0.6) is 0 Å². The van der Waals surface area contributed by atoms with E-state index in [1.54, 1.807) is 23.0 Å². The minimum atomic E-state index is -0.468. The van der Waals surface area contributed by atoms with Crippen molar-refractivity contribution in [3.63, 3.8) is 0 Å². The van der Waals surface area contributed by atoms with Gasteiger partial charge in [-0.15, -0.1) is 0 Å². The Morgan fingerprint density at radius 3 is 3.27 bits per heavy atom. The summed E-state index contributed by atoms with van der Waals surface area (Å²) in [5, 5.41) is 0.0966. The van der Waals surface area contributed by atoms with Crippen LogP contribution in [-0.4, -0.2) is 14.7 Å². The van der Waals surface area contributed by atoms with Gasteiger partial charge in [-0.3, -0.25) is 4.57 Å². The van der Waals surface area contributed by atoms with Crippen molar-refractivity contribution in [2.75, 3.05) is 0 Å². The maximum Gasteiger partial charge on any atom is 0.192 e. The van der Waals surface area contributed by atoms with Crippen molar-refractivity contribution in [3.8, 4) is 0 Å². The van der Waals surface area contributed by atoms with E-state index < -0.39 is 5.08 Å². The van der Waals surface area contributed by atoms with Crippen LogP contribution in [-0.2, 0) is 0 Å². The molecule has 58 valence electrons. The number of halogens is 2. The first-order valence-corrected chi connectivity index (χ1v) is 4.00. The Hall–Kier alpha value is -0.840. The fourth-order valence-corrected chi connectivity index (χ4v) is 1.44. The number of nitrogens with zero attached hydrogens (tertiary/aromatic N) is 3. The molecule has 1 unspecified atom stereocenters. The molecule has 0 saturated heterocycles. The van der Waals surface area contributed by atoms with Crippen LogP contribution < -0.4 is 0 Å². The summed E-state index contributed by atoms with van der Waals surface area (Å²) in [6, 6.07) is 0. The molecular weight excluding hydrogens is 213 g/mol. The van der Waals surface area contributed by atoms with Gasteiger partial charge in [0.2, 0.25) is 0 Å². The van der Waals surface area contributed by atoms with E-state index in [1.807, 2.05) is 0 Å².